The van der Waals surface area contributed by atoms with Crippen LogP contribution in [0.1, 0.15) is 18.1 Å². The van der Waals surface area contributed by atoms with Crippen LogP contribution in [0.25, 0.3) is 17.2 Å². The van der Waals surface area contributed by atoms with Gasteiger partial charge in [-0.15, -0.1) is 0 Å². The maximum Gasteiger partial charge on any atom is 0.263 e. The van der Waals surface area contributed by atoms with E-state index in [4.69, 9.17) is 26.4 Å². The molecule has 3 aromatic carbocycles. The highest BCUT2D eigenvalue weighted by molar-refractivity contribution is 8.26. The van der Waals surface area contributed by atoms with E-state index >= 15 is 0 Å². The van der Waals surface area contributed by atoms with Crippen LogP contribution in [0.4, 0.5) is 0 Å². The average Bonchev–Trinajstić information content (AvgIpc) is 3.15. The fraction of sp³-hybridized carbons (Fsp3) is 0.154. The first kappa shape index (κ1) is 23.0. The van der Waals surface area contributed by atoms with Gasteiger partial charge in [0.2, 0.25) is 0 Å². The van der Waals surface area contributed by atoms with E-state index in [2.05, 4.69) is 5.32 Å². The van der Waals surface area contributed by atoms with Gasteiger partial charge in [-0.2, -0.15) is 0 Å². The van der Waals surface area contributed by atoms with Gasteiger partial charge in [0.05, 0.1) is 4.91 Å². The molecule has 0 bridgehead atoms. The van der Waals surface area contributed by atoms with Crippen molar-refractivity contribution < 1.29 is 19.0 Å². The number of carbonyl (C=O) groups is 1. The minimum absolute atomic E-state index is 0.196. The van der Waals surface area contributed by atoms with Crippen LogP contribution in [0, 0.1) is 0 Å². The molecule has 0 radical (unpaired) electrons. The number of nitrogens with one attached hydrogen (secondary N) is 1. The predicted molar refractivity (Wildman–Crippen MR) is 136 cm³/mol. The fourth-order valence-electron chi connectivity index (χ4n) is 3.24. The largest absolute Gasteiger partial charge is 0.488 e. The molecule has 1 amide bonds. The summed E-state index contributed by atoms with van der Waals surface area (Å²) in [7, 11) is 1.60. The molecule has 1 heterocycles. The van der Waals surface area contributed by atoms with Crippen LogP contribution < -0.4 is 14.8 Å². The summed E-state index contributed by atoms with van der Waals surface area (Å²) in [5, 5.41) is 2.66. The summed E-state index contributed by atoms with van der Waals surface area (Å²) in [6, 6.07) is 23.7. The van der Waals surface area contributed by atoms with Gasteiger partial charge in [0.1, 0.15) is 22.4 Å². The second-order valence-electron chi connectivity index (χ2n) is 7.32. The molecule has 33 heavy (non-hydrogen) atoms. The van der Waals surface area contributed by atoms with Crippen molar-refractivity contribution in [1.29, 1.82) is 0 Å². The second kappa shape index (κ2) is 10.7. The molecule has 0 spiro atoms. The van der Waals surface area contributed by atoms with Gasteiger partial charge < -0.3 is 19.5 Å². The van der Waals surface area contributed by atoms with Gasteiger partial charge in [-0.1, -0.05) is 72.5 Å². The summed E-state index contributed by atoms with van der Waals surface area (Å²) < 4.78 is 17.4. The van der Waals surface area contributed by atoms with Gasteiger partial charge in [0.25, 0.3) is 5.91 Å². The lowest BCUT2D eigenvalue weighted by molar-refractivity contribution is -0.115. The topological polar surface area (TPSA) is 56.8 Å². The number of thiocarbonyl (C=S) groups is 1. The monoisotopic (exact) mass is 477 g/mol. The first-order valence-corrected chi connectivity index (χ1v) is 11.6. The Morgan fingerprint density at radius 1 is 1.03 bits per heavy atom. The van der Waals surface area contributed by atoms with Crippen molar-refractivity contribution in [2.75, 3.05) is 7.11 Å². The van der Waals surface area contributed by atoms with E-state index in [9.17, 15) is 4.79 Å². The lowest BCUT2D eigenvalue weighted by Gasteiger charge is -2.14. The number of rotatable bonds is 8. The number of methoxy groups -OCH3 is 1. The van der Waals surface area contributed by atoms with E-state index < -0.39 is 0 Å². The molecule has 1 aliphatic rings. The lowest BCUT2D eigenvalue weighted by Crippen LogP contribution is -2.17. The van der Waals surface area contributed by atoms with E-state index in [1.165, 1.54) is 11.8 Å². The van der Waals surface area contributed by atoms with E-state index in [1.807, 2.05) is 85.8 Å². The van der Waals surface area contributed by atoms with Crippen molar-refractivity contribution in [3.63, 3.8) is 0 Å². The molecule has 168 valence electrons. The number of hydrogen-bond acceptors (Lipinski definition) is 6. The van der Waals surface area contributed by atoms with Crippen molar-refractivity contribution in [3.8, 4) is 22.6 Å². The zero-order valence-electron chi connectivity index (χ0n) is 18.2. The molecule has 1 N–H and O–H groups in total. The molecule has 1 aliphatic heterocycles. The van der Waals surface area contributed by atoms with Gasteiger partial charge in [0.15, 0.2) is 6.29 Å². The number of amides is 1. The predicted octanol–water partition coefficient (Wildman–Crippen LogP) is 5.79. The maximum atomic E-state index is 12.2. The Morgan fingerprint density at radius 3 is 2.42 bits per heavy atom. The summed E-state index contributed by atoms with van der Waals surface area (Å²) >= 11 is 6.38. The quantitative estimate of drug-likeness (QED) is 0.252. The smallest absolute Gasteiger partial charge is 0.263 e. The van der Waals surface area contributed by atoms with Crippen LogP contribution in [0.2, 0.25) is 0 Å². The third-order valence-corrected chi connectivity index (χ3v) is 6.16. The molecule has 3 aromatic rings. The van der Waals surface area contributed by atoms with Crippen LogP contribution in [0.3, 0.4) is 0 Å². The van der Waals surface area contributed by atoms with Gasteiger partial charge in [-0.25, -0.2) is 0 Å². The van der Waals surface area contributed by atoms with Gasteiger partial charge >= 0.3 is 0 Å². The maximum absolute atomic E-state index is 12.2. The Bertz CT molecular complexity index is 1180. The second-order valence-corrected chi connectivity index (χ2v) is 9.04. The summed E-state index contributed by atoms with van der Waals surface area (Å²) in [5.74, 6) is 1.22. The Morgan fingerprint density at radius 2 is 1.76 bits per heavy atom. The average molecular weight is 478 g/mol. The number of hydrogen-bond donors (Lipinski definition) is 1. The first-order chi connectivity index (χ1) is 16.0. The fourth-order valence-corrected chi connectivity index (χ4v) is 4.27. The molecular formula is C26H23NO4S2. The molecule has 5 nitrogen and oxygen atoms in total. The number of benzene rings is 3. The van der Waals surface area contributed by atoms with Crippen LogP contribution in [0.5, 0.6) is 11.5 Å². The third kappa shape index (κ3) is 6.01. The number of thioether (sulfide) groups is 1. The summed E-state index contributed by atoms with van der Waals surface area (Å²) in [5.41, 5.74) is 3.88. The zero-order chi connectivity index (χ0) is 23.2. The van der Waals surface area contributed by atoms with Crippen LogP contribution in [-0.4, -0.2) is 23.6 Å². The highest BCUT2D eigenvalue weighted by atomic mass is 32.2. The Balaban J connectivity index is 1.63. The highest BCUT2D eigenvalue weighted by Gasteiger charge is 2.22. The molecule has 1 unspecified atom stereocenters. The van der Waals surface area contributed by atoms with Crippen LogP contribution in [0.15, 0.2) is 77.7 Å². The third-order valence-electron chi connectivity index (χ3n) is 5.00. The van der Waals surface area contributed by atoms with E-state index in [1.54, 1.807) is 7.11 Å². The molecular weight excluding hydrogens is 454 g/mol. The molecule has 0 saturated carbocycles. The molecule has 7 heteroatoms. The standard InChI is InChI=1S/C26H23NO4S2/c1-17(29-2)31-22-11-8-19(9-12-22)20-10-13-23(30-16-18-6-4-3-5-7-18)21(14-20)15-24-25(28)27-26(32)33-24/h3-15,17H,16H2,1-2H3,(H,27,28,32)/b24-15+. The number of ether oxygens (including phenoxy) is 3. The summed E-state index contributed by atoms with van der Waals surface area (Å²) in [4.78, 5) is 12.8. The van der Waals surface area contributed by atoms with E-state index in [0.29, 0.717) is 21.6 Å². The van der Waals surface area contributed by atoms with Crippen LogP contribution in [-0.2, 0) is 16.1 Å². The van der Waals surface area contributed by atoms with Crippen molar-refractivity contribution >= 4 is 40.3 Å². The van der Waals surface area contributed by atoms with Crippen LogP contribution >= 0.6 is 24.0 Å². The molecule has 1 saturated heterocycles. The SMILES string of the molecule is COC(C)Oc1ccc(-c2ccc(OCc3ccccc3)c(/C=C3/SC(=S)NC3=O)c2)cc1. The Kier molecular flexibility index (Phi) is 7.44. The summed E-state index contributed by atoms with van der Waals surface area (Å²) in [6.45, 7) is 2.27. The molecule has 0 aliphatic carbocycles. The van der Waals surface area contributed by atoms with Gasteiger partial charge in [0, 0.05) is 12.7 Å². The van der Waals surface area contributed by atoms with Crippen molar-refractivity contribution in [2.45, 2.75) is 19.8 Å². The lowest BCUT2D eigenvalue weighted by atomic mass is 10.0. The van der Waals surface area contributed by atoms with Crippen molar-refractivity contribution in [1.82, 2.24) is 5.32 Å². The molecule has 0 aromatic heterocycles. The Labute approximate surface area is 202 Å². The van der Waals surface area contributed by atoms with Crippen molar-refractivity contribution in [3.05, 3.63) is 88.8 Å². The first-order valence-electron chi connectivity index (χ1n) is 10.4. The van der Waals surface area contributed by atoms with E-state index in [0.717, 1.165) is 28.0 Å². The molecule has 4 rings (SSSR count). The number of carbonyl (C=O) groups excluding carboxylic acids is 1. The Hall–Kier alpha value is -3.13. The molecule has 1 fully saturated rings. The molecule has 1 atom stereocenters. The highest BCUT2D eigenvalue weighted by Crippen LogP contribution is 2.33. The van der Waals surface area contributed by atoms with E-state index in [-0.39, 0.29) is 12.2 Å². The summed E-state index contributed by atoms with van der Waals surface area (Å²) in [6.07, 6.45) is 1.50. The minimum atomic E-state index is -0.323. The normalized spacial score (nSPS) is 15.4. The minimum Gasteiger partial charge on any atom is -0.488 e. The van der Waals surface area contributed by atoms with Gasteiger partial charge in [-0.05, 0) is 54.0 Å². The van der Waals surface area contributed by atoms with Crippen molar-refractivity contribution in [2.24, 2.45) is 0 Å². The van der Waals surface area contributed by atoms with Gasteiger partial charge in [-0.3, -0.25) is 4.79 Å². The zero-order valence-corrected chi connectivity index (χ0v) is 19.9.